The van der Waals surface area contributed by atoms with Crippen LogP contribution < -0.4 is 22.5 Å². The highest BCUT2D eigenvalue weighted by Gasteiger charge is 2.22. The third kappa shape index (κ3) is 1.84. The number of aromatic nitrogens is 5. The number of nitrogens with zero attached hydrogens (tertiary/aromatic N) is 5. The number of nitrogens with one attached hydrogen (secondary N) is 1. The zero-order chi connectivity index (χ0) is 17.0. The van der Waals surface area contributed by atoms with Crippen LogP contribution in [0, 0.1) is 13.8 Å². The summed E-state index contributed by atoms with van der Waals surface area (Å²) in [5, 5.41) is 0. The highest BCUT2D eigenvalue weighted by molar-refractivity contribution is 5.79. The molecule has 0 unspecified atom stereocenters. The van der Waals surface area contributed by atoms with Gasteiger partial charge in [-0.25, -0.2) is 10.6 Å². The molecule has 3 rings (SSSR count). The molecule has 0 radical (unpaired) electrons. The van der Waals surface area contributed by atoms with Crippen molar-refractivity contribution in [2.45, 2.75) is 20.4 Å². The number of fused-ring (bicyclic) bond motifs is 3. The molecule has 0 saturated heterocycles. The number of hydrogen-bond acceptors (Lipinski definition) is 5. The van der Waals surface area contributed by atoms with E-state index < -0.39 is 11.2 Å². The van der Waals surface area contributed by atoms with Crippen LogP contribution in [0.1, 0.15) is 11.4 Å². The molecule has 10 heteroatoms. The number of amides is 1. The van der Waals surface area contributed by atoms with Gasteiger partial charge in [-0.1, -0.05) is 0 Å². The molecule has 0 fully saturated rings. The smallest absolute Gasteiger partial charge is 0.304 e. The highest BCUT2D eigenvalue weighted by atomic mass is 16.2. The summed E-state index contributed by atoms with van der Waals surface area (Å²) in [6.45, 7) is 3.62. The van der Waals surface area contributed by atoms with Crippen molar-refractivity contribution in [3.63, 3.8) is 0 Å². The van der Waals surface area contributed by atoms with Gasteiger partial charge in [0.2, 0.25) is 5.78 Å². The maximum Gasteiger partial charge on any atom is 0.332 e. The summed E-state index contributed by atoms with van der Waals surface area (Å²) >= 11 is 0. The number of nitrogens with two attached hydrogens (primary N) is 1. The Morgan fingerprint density at radius 1 is 1.17 bits per heavy atom. The van der Waals surface area contributed by atoms with Crippen molar-refractivity contribution in [1.82, 2.24) is 28.5 Å². The molecule has 0 aliphatic rings. The van der Waals surface area contributed by atoms with Gasteiger partial charge in [-0.05, 0) is 13.8 Å². The van der Waals surface area contributed by atoms with E-state index >= 15 is 0 Å². The molecule has 0 spiro atoms. The Morgan fingerprint density at radius 2 is 1.83 bits per heavy atom. The first-order valence-electron chi connectivity index (χ1n) is 6.92. The van der Waals surface area contributed by atoms with Gasteiger partial charge in [-0.3, -0.25) is 28.5 Å². The second-order valence-electron chi connectivity index (χ2n) is 5.45. The first-order valence-corrected chi connectivity index (χ1v) is 6.92. The van der Waals surface area contributed by atoms with Gasteiger partial charge in [-0.15, -0.1) is 0 Å². The third-order valence-corrected chi connectivity index (χ3v) is 4.21. The Balaban J connectivity index is 2.52. The number of imidazole rings is 2. The summed E-state index contributed by atoms with van der Waals surface area (Å²) in [4.78, 5) is 40.6. The lowest BCUT2D eigenvalue weighted by molar-refractivity contribution is -0.121. The van der Waals surface area contributed by atoms with Gasteiger partial charge in [0.05, 0.1) is 0 Å². The average molecular weight is 319 g/mol. The monoisotopic (exact) mass is 319 g/mol. The molecule has 0 aliphatic carbocycles. The summed E-state index contributed by atoms with van der Waals surface area (Å²) in [5.74, 6) is 5.17. The first kappa shape index (κ1) is 15.0. The van der Waals surface area contributed by atoms with Crippen LogP contribution in [0.15, 0.2) is 9.59 Å². The Kier molecular flexibility index (Phi) is 3.14. The first-order chi connectivity index (χ1) is 10.8. The summed E-state index contributed by atoms with van der Waals surface area (Å²) in [7, 11) is 2.97. The fraction of sp³-hybridized carbons (Fsp3) is 0.385. The van der Waals surface area contributed by atoms with Crippen LogP contribution >= 0.6 is 0 Å². The van der Waals surface area contributed by atoms with Crippen molar-refractivity contribution in [3.8, 4) is 0 Å². The molecular weight excluding hydrogens is 302 g/mol. The molecule has 1 amide bonds. The normalized spacial score (nSPS) is 11.5. The summed E-state index contributed by atoms with van der Waals surface area (Å²) in [5.41, 5.74) is 3.32. The van der Waals surface area contributed by atoms with E-state index in [9.17, 15) is 14.4 Å². The predicted octanol–water partition coefficient (Wildman–Crippen LogP) is -1.71. The molecule has 0 aromatic carbocycles. The van der Waals surface area contributed by atoms with Crippen LogP contribution in [-0.2, 0) is 25.4 Å². The molecule has 0 saturated carbocycles. The summed E-state index contributed by atoms with van der Waals surface area (Å²) in [6.07, 6.45) is 0. The van der Waals surface area contributed by atoms with Crippen molar-refractivity contribution >= 4 is 22.8 Å². The van der Waals surface area contributed by atoms with Crippen molar-refractivity contribution in [1.29, 1.82) is 0 Å². The Hall–Kier alpha value is -2.88. The minimum absolute atomic E-state index is 0.0305. The molecule has 10 nitrogen and oxygen atoms in total. The molecule has 3 N–H and O–H groups in total. The van der Waals surface area contributed by atoms with E-state index in [2.05, 4.69) is 10.4 Å². The van der Waals surface area contributed by atoms with E-state index in [0.29, 0.717) is 11.3 Å². The Bertz CT molecular complexity index is 1080. The van der Waals surface area contributed by atoms with Crippen LogP contribution in [0.3, 0.4) is 0 Å². The lowest BCUT2D eigenvalue weighted by Crippen LogP contribution is -2.37. The van der Waals surface area contributed by atoms with E-state index in [0.717, 1.165) is 16.0 Å². The molecule has 3 heterocycles. The second-order valence-corrected chi connectivity index (χ2v) is 5.45. The average Bonchev–Trinajstić information content (AvgIpc) is 3.03. The number of hydrazine groups is 1. The van der Waals surface area contributed by atoms with E-state index in [1.54, 1.807) is 16.0 Å². The molecule has 3 aromatic heterocycles. The second kappa shape index (κ2) is 4.81. The maximum atomic E-state index is 12.5. The molecule has 122 valence electrons. The van der Waals surface area contributed by atoms with Crippen LogP contribution in [0.5, 0.6) is 0 Å². The standard InChI is InChI=1S/C13H17N7O3/c1-6-7(2)20-9-10(17(3)13(23)18(4)11(9)22)15-12(20)19(6)5-8(21)16-14/h5,14H2,1-4H3,(H,16,21). The van der Waals surface area contributed by atoms with E-state index in [-0.39, 0.29) is 18.1 Å². The number of rotatable bonds is 2. The molecule has 0 bridgehead atoms. The largest absolute Gasteiger partial charge is 0.332 e. The van der Waals surface area contributed by atoms with Gasteiger partial charge in [0.15, 0.2) is 11.2 Å². The van der Waals surface area contributed by atoms with Crippen LogP contribution in [0.4, 0.5) is 0 Å². The van der Waals surface area contributed by atoms with Gasteiger partial charge >= 0.3 is 5.69 Å². The summed E-state index contributed by atoms with van der Waals surface area (Å²) < 4.78 is 5.67. The Morgan fingerprint density at radius 3 is 2.43 bits per heavy atom. The third-order valence-electron chi connectivity index (χ3n) is 4.21. The van der Waals surface area contributed by atoms with Gasteiger partial charge in [0.1, 0.15) is 6.54 Å². The van der Waals surface area contributed by atoms with Gasteiger partial charge in [0, 0.05) is 25.5 Å². The van der Waals surface area contributed by atoms with Crippen LogP contribution in [0.25, 0.3) is 16.9 Å². The number of aryl methyl sites for hydroxylation is 2. The minimum atomic E-state index is -0.455. The van der Waals surface area contributed by atoms with Crippen molar-refractivity contribution in [3.05, 3.63) is 32.2 Å². The lowest BCUT2D eigenvalue weighted by atomic mass is 10.3. The number of carbonyl (C=O) groups is 1. The van der Waals surface area contributed by atoms with E-state index in [1.807, 2.05) is 13.8 Å². The van der Waals surface area contributed by atoms with Gasteiger partial charge in [0.25, 0.3) is 11.5 Å². The highest BCUT2D eigenvalue weighted by Crippen LogP contribution is 2.20. The molecule has 3 aromatic rings. The van der Waals surface area contributed by atoms with Crippen molar-refractivity contribution in [2.24, 2.45) is 19.9 Å². The topological polar surface area (TPSA) is 121 Å². The van der Waals surface area contributed by atoms with Gasteiger partial charge in [-0.2, -0.15) is 4.98 Å². The van der Waals surface area contributed by atoms with E-state index in [1.165, 1.54) is 11.6 Å². The van der Waals surface area contributed by atoms with Crippen molar-refractivity contribution < 1.29 is 4.79 Å². The predicted molar refractivity (Wildman–Crippen MR) is 83.0 cm³/mol. The quantitative estimate of drug-likeness (QED) is 0.331. The fourth-order valence-electron chi connectivity index (χ4n) is 2.77. The lowest BCUT2D eigenvalue weighted by Gasteiger charge is -2.05. The molecule has 0 aliphatic heterocycles. The zero-order valence-electron chi connectivity index (χ0n) is 13.2. The fourth-order valence-corrected chi connectivity index (χ4v) is 2.77. The zero-order valence-corrected chi connectivity index (χ0v) is 13.2. The number of carbonyl (C=O) groups excluding carboxylic acids is 1. The van der Waals surface area contributed by atoms with Crippen molar-refractivity contribution in [2.75, 3.05) is 0 Å². The minimum Gasteiger partial charge on any atom is -0.304 e. The molecule has 0 atom stereocenters. The van der Waals surface area contributed by atoms with Gasteiger partial charge < -0.3 is 4.57 Å². The molecule has 23 heavy (non-hydrogen) atoms. The summed E-state index contributed by atoms with van der Waals surface area (Å²) in [6, 6.07) is 0. The maximum absolute atomic E-state index is 12.5. The van der Waals surface area contributed by atoms with E-state index in [4.69, 9.17) is 5.84 Å². The number of hydrogen-bond donors (Lipinski definition) is 2. The van der Waals surface area contributed by atoms with Crippen LogP contribution in [0.2, 0.25) is 0 Å². The SMILES string of the molecule is Cc1c(C)n2c3c(=O)n(C)c(=O)n(C)c3nc2n1CC(=O)NN. The Labute approximate surface area is 129 Å². The van der Waals surface area contributed by atoms with Crippen LogP contribution in [-0.4, -0.2) is 29.0 Å². The molecular formula is C13H17N7O3.